The summed E-state index contributed by atoms with van der Waals surface area (Å²) in [5, 5.41) is 16.7. The number of aliphatic imine (C=N–C) groups is 1. The highest BCUT2D eigenvalue weighted by Gasteiger charge is 2.16. The number of nitrogens with one attached hydrogen (secondary N) is 1. The minimum atomic E-state index is -2.15. The fourth-order valence-corrected chi connectivity index (χ4v) is 2.64. The first kappa shape index (κ1) is 19.3. The van der Waals surface area contributed by atoms with Gasteiger partial charge < -0.3 is 0 Å². The molecule has 0 amide bonds. The lowest BCUT2D eigenvalue weighted by atomic mass is 10.2. The van der Waals surface area contributed by atoms with E-state index in [0.29, 0.717) is 30.8 Å². The van der Waals surface area contributed by atoms with E-state index in [-0.39, 0.29) is 16.6 Å². The molecular weight excluding hydrogens is 373 g/mol. The van der Waals surface area contributed by atoms with Crippen molar-refractivity contribution in [2.75, 3.05) is 19.1 Å². The predicted octanol–water partition coefficient (Wildman–Crippen LogP) is 2.58. The summed E-state index contributed by atoms with van der Waals surface area (Å²) in [6.07, 6.45) is 4.12. The molecule has 0 spiro atoms. The number of amidine groups is 1. The number of rotatable bonds is 6. The third-order valence-electron chi connectivity index (χ3n) is 3.00. The Balaban J connectivity index is 2.18. The van der Waals surface area contributed by atoms with E-state index in [0.717, 1.165) is 6.07 Å². The van der Waals surface area contributed by atoms with Gasteiger partial charge in [0.1, 0.15) is 11.5 Å². The second-order valence-electron chi connectivity index (χ2n) is 5.37. The van der Waals surface area contributed by atoms with Gasteiger partial charge in [0.05, 0.1) is 10.7 Å². The summed E-state index contributed by atoms with van der Waals surface area (Å²) in [6, 6.07) is 3.86. The molecule has 2 N–H and O–H groups in total. The highest BCUT2D eigenvalue weighted by atomic mass is 35.5. The first-order chi connectivity index (χ1) is 11.8. The second-order valence-corrected chi connectivity index (χ2v) is 8.40. The lowest BCUT2D eigenvalue weighted by Gasteiger charge is -2.04. The van der Waals surface area contributed by atoms with E-state index in [4.69, 9.17) is 16.2 Å². The molecule has 0 aliphatic heterocycles. The molecule has 25 heavy (non-hydrogen) atoms. The number of aromatic nitrogens is 2. The largest absolute Gasteiger partial charge is 0.290 e. The monoisotopic (exact) mass is 389 g/mol. The fourth-order valence-electron chi connectivity index (χ4n) is 1.90. The van der Waals surface area contributed by atoms with Gasteiger partial charge in [0.2, 0.25) is 0 Å². The van der Waals surface area contributed by atoms with Gasteiger partial charge in [-0.25, -0.2) is 18.4 Å². The van der Waals surface area contributed by atoms with Crippen LogP contribution in [0.25, 0.3) is 0 Å². The minimum absolute atomic E-state index is 0.0226. The second kappa shape index (κ2) is 8.37. The van der Waals surface area contributed by atoms with Crippen LogP contribution in [-0.4, -0.2) is 44.6 Å². The van der Waals surface area contributed by atoms with Crippen molar-refractivity contribution in [3.8, 4) is 0 Å². The number of hydroxylamine groups is 1. The molecule has 0 atom stereocenters. The van der Waals surface area contributed by atoms with Crippen molar-refractivity contribution in [2.24, 2.45) is 9.36 Å². The molecule has 0 radical (unpaired) electrons. The molecule has 2 aromatic rings. The summed E-state index contributed by atoms with van der Waals surface area (Å²) in [5.74, 6) is -0.597. The van der Waals surface area contributed by atoms with Crippen molar-refractivity contribution in [1.29, 1.82) is 0 Å². The highest BCUT2D eigenvalue weighted by Crippen LogP contribution is 2.22. The molecule has 1 aromatic carbocycles. The van der Waals surface area contributed by atoms with Gasteiger partial charge in [-0.1, -0.05) is 16.8 Å². The van der Waals surface area contributed by atoms with Crippen LogP contribution in [0, 0.1) is 5.82 Å². The van der Waals surface area contributed by atoms with Crippen LogP contribution in [0.2, 0.25) is 5.02 Å². The third kappa shape index (κ3) is 5.76. The number of halogens is 2. The molecule has 8 nitrogen and oxygen atoms in total. The van der Waals surface area contributed by atoms with E-state index in [2.05, 4.69) is 19.7 Å². The van der Waals surface area contributed by atoms with E-state index < -0.39 is 15.5 Å². The van der Waals surface area contributed by atoms with Crippen LogP contribution in [0.4, 0.5) is 10.1 Å². The summed E-state index contributed by atoms with van der Waals surface area (Å²) in [4.78, 5) is 4.12. The molecule has 0 saturated carbocycles. The van der Waals surface area contributed by atoms with Crippen LogP contribution in [0.1, 0.15) is 17.8 Å². The zero-order valence-electron chi connectivity index (χ0n) is 13.6. The maximum Gasteiger partial charge on any atom is 0.181 e. The van der Waals surface area contributed by atoms with Crippen molar-refractivity contribution in [1.82, 2.24) is 15.8 Å². The minimum Gasteiger partial charge on any atom is -0.290 e. The maximum absolute atomic E-state index is 13.2. The van der Waals surface area contributed by atoms with Crippen LogP contribution in [0.15, 0.2) is 32.2 Å². The van der Waals surface area contributed by atoms with E-state index in [1.165, 1.54) is 12.1 Å². The molecule has 1 aromatic heterocycles. The summed E-state index contributed by atoms with van der Waals surface area (Å²) in [5.41, 5.74) is 2.88. The van der Waals surface area contributed by atoms with E-state index in [9.17, 15) is 13.8 Å². The molecule has 136 valence electrons. The summed E-state index contributed by atoms with van der Waals surface area (Å²) in [7, 11) is -2.15. The van der Waals surface area contributed by atoms with Gasteiger partial charge in [0.25, 0.3) is 0 Å². The van der Waals surface area contributed by atoms with Gasteiger partial charge in [-0.2, -0.15) is 0 Å². The smallest absolute Gasteiger partial charge is 0.181 e. The van der Waals surface area contributed by atoms with Crippen LogP contribution >= 0.6 is 11.6 Å². The van der Waals surface area contributed by atoms with Crippen molar-refractivity contribution >= 4 is 32.9 Å². The summed E-state index contributed by atoms with van der Waals surface area (Å²) >= 11 is 5.71. The fraction of sp³-hybridized carbons (Fsp3) is 0.357. The first-order valence-corrected chi connectivity index (χ1v) is 9.89. The lowest BCUT2D eigenvalue weighted by molar-refractivity contribution is 0.234. The highest BCUT2D eigenvalue weighted by molar-refractivity contribution is 7.92. The molecule has 0 aliphatic carbocycles. The van der Waals surface area contributed by atoms with Crippen molar-refractivity contribution in [2.45, 2.75) is 12.8 Å². The predicted molar refractivity (Wildman–Crippen MR) is 92.4 cm³/mol. The zero-order chi connectivity index (χ0) is 18.4. The van der Waals surface area contributed by atoms with Gasteiger partial charge in [-0.05, 0) is 36.2 Å². The van der Waals surface area contributed by atoms with Gasteiger partial charge in [0, 0.05) is 28.8 Å². The Morgan fingerprint density at radius 1 is 1.44 bits per heavy atom. The van der Waals surface area contributed by atoms with Crippen molar-refractivity contribution < 1.29 is 18.4 Å². The number of nitrogens with zero attached hydrogens (tertiary/aromatic N) is 4. The molecule has 0 saturated heterocycles. The normalized spacial score (nSPS) is 12.3. The molecule has 0 fully saturated rings. The van der Waals surface area contributed by atoms with Crippen LogP contribution < -0.4 is 5.48 Å². The van der Waals surface area contributed by atoms with Crippen LogP contribution in [-0.2, 0) is 16.1 Å². The number of hydrogen-bond donors (Lipinski definition) is 2. The number of benzene rings is 1. The average molecular weight is 390 g/mol. The van der Waals surface area contributed by atoms with Crippen molar-refractivity contribution in [3.05, 3.63) is 40.4 Å². The molecule has 0 aliphatic rings. The number of hydrogen-bond acceptors (Lipinski definition) is 7. The van der Waals surface area contributed by atoms with E-state index in [1.54, 1.807) is 12.5 Å². The first-order valence-electron chi connectivity index (χ1n) is 7.18. The van der Waals surface area contributed by atoms with Crippen LogP contribution in [0.5, 0.6) is 0 Å². The van der Waals surface area contributed by atoms with Crippen molar-refractivity contribution in [3.63, 3.8) is 0 Å². The topological polar surface area (TPSA) is 113 Å². The Hall–Kier alpha value is -2.04. The molecule has 1 heterocycles. The Morgan fingerprint density at radius 2 is 2.20 bits per heavy atom. The number of aryl methyl sites for hydroxylation is 1. The molecular formula is C14H17ClFN5O3S. The standard InChI is InChI=1S/C14H17ClFN5O3S/c1-25(2,23)17-7-3-4-12-13(21-24-20-12)14(19-22)18-9-5-6-11(16)10(15)8-9/h5-6,8,22H,3-4,7H2,1-2H3,(H,18,19). The van der Waals surface area contributed by atoms with Gasteiger partial charge in [-0.15, -0.1) is 0 Å². The lowest BCUT2D eigenvalue weighted by Crippen LogP contribution is -2.22. The molecule has 0 bridgehead atoms. The SMILES string of the molecule is CS(C)(=O)=NCCCc1nonc1C(=Nc1ccc(F)c(Cl)c1)NO. The Labute approximate surface area is 149 Å². The van der Waals surface area contributed by atoms with E-state index in [1.807, 2.05) is 5.48 Å². The Bertz CT molecular complexity index is 884. The molecule has 2 rings (SSSR count). The molecule has 11 heteroatoms. The van der Waals surface area contributed by atoms with Gasteiger partial charge >= 0.3 is 0 Å². The van der Waals surface area contributed by atoms with Gasteiger partial charge in [-0.3, -0.25) is 14.9 Å². The van der Waals surface area contributed by atoms with E-state index >= 15 is 0 Å². The average Bonchev–Trinajstić information content (AvgIpc) is 3.00. The zero-order valence-corrected chi connectivity index (χ0v) is 15.1. The van der Waals surface area contributed by atoms with Crippen LogP contribution in [0.3, 0.4) is 0 Å². The summed E-state index contributed by atoms with van der Waals surface area (Å²) in [6.45, 7) is 0.394. The third-order valence-corrected chi connectivity index (χ3v) is 4.10. The molecule has 0 unspecified atom stereocenters. The maximum atomic E-state index is 13.2. The summed E-state index contributed by atoms with van der Waals surface area (Å²) < 4.78 is 33.5. The Morgan fingerprint density at radius 3 is 2.84 bits per heavy atom. The van der Waals surface area contributed by atoms with Gasteiger partial charge in [0.15, 0.2) is 11.5 Å². The quantitative estimate of drug-likeness (QED) is 0.340. The Kier molecular flexibility index (Phi) is 6.45.